The van der Waals surface area contributed by atoms with Crippen molar-refractivity contribution in [2.75, 3.05) is 26.7 Å². The van der Waals surface area contributed by atoms with E-state index in [-0.39, 0.29) is 47.7 Å². The maximum absolute atomic E-state index is 13.7. The third-order valence-corrected chi connectivity index (χ3v) is 7.62. The Labute approximate surface area is 213 Å². The minimum absolute atomic E-state index is 0.0436. The van der Waals surface area contributed by atoms with E-state index in [1.54, 1.807) is 11.9 Å². The summed E-state index contributed by atoms with van der Waals surface area (Å²) in [4.78, 5) is 45.9. The number of amides is 3. The molecule has 2 rings (SSSR count). The summed E-state index contributed by atoms with van der Waals surface area (Å²) in [7, 11) is 1.80. The number of rotatable bonds is 9. The fourth-order valence-electron chi connectivity index (χ4n) is 5.41. The second kappa shape index (κ2) is 13.4. The maximum Gasteiger partial charge on any atom is 0.249 e. The molecular formula is C28H50N4O3. The van der Waals surface area contributed by atoms with Gasteiger partial charge in [0.15, 0.2) is 0 Å². The van der Waals surface area contributed by atoms with Crippen molar-refractivity contribution in [3.8, 4) is 0 Å². The number of piperidine rings is 2. The fraction of sp³-hybridized carbons (Fsp3) is 0.821. The van der Waals surface area contributed by atoms with Crippen molar-refractivity contribution < 1.29 is 14.4 Å². The average molecular weight is 491 g/mol. The Morgan fingerprint density at radius 1 is 0.886 bits per heavy atom. The van der Waals surface area contributed by atoms with Gasteiger partial charge in [0.25, 0.3) is 0 Å². The summed E-state index contributed by atoms with van der Waals surface area (Å²) < 4.78 is 0. The first kappa shape index (κ1) is 29.3. The van der Waals surface area contributed by atoms with Crippen LogP contribution in [-0.2, 0) is 14.4 Å². The molecule has 35 heavy (non-hydrogen) atoms. The van der Waals surface area contributed by atoms with Gasteiger partial charge in [-0.1, -0.05) is 40.2 Å². The van der Waals surface area contributed by atoms with Gasteiger partial charge < -0.3 is 15.1 Å². The SMILES string of the molecule is CC(=C[C@H](C(C)C)N(C)C(=O)[C@@H](NC(=O)[C@H]1CCCCN1C(C)C)C(C)C)C(=O)N1CCCCC1. The first-order valence-electron chi connectivity index (χ1n) is 13.8. The molecule has 0 saturated carbocycles. The summed E-state index contributed by atoms with van der Waals surface area (Å²) in [5.41, 5.74) is 0.685. The van der Waals surface area contributed by atoms with E-state index in [1.165, 1.54) is 6.42 Å². The van der Waals surface area contributed by atoms with Crippen molar-refractivity contribution >= 4 is 17.7 Å². The fourth-order valence-corrected chi connectivity index (χ4v) is 5.41. The Bertz CT molecular complexity index is 755. The van der Waals surface area contributed by atoms with Crippen LogP contribution in [0.4, 0.5) is 0 Å². The van der Waals surface area contributed by atoms with Gasteiger partial charge >= 0.3 is 0 Å². The highest BCUT2D eigenvalue weighted by Gasteiger charge is 2.36. The molecule has 7 heteroatoms. The second-order valence-corrected chi connectivity index (χ2v) is 11.5. The van der Waals surface area contributed by atoms with E-state index in [9.17, 15) is 14.4 Å². The zero-order valence-corrected chi connectivity index (χ0v) is 23.5. The van der Waals surface area contributed by atoms with Crippen molar-refractivity contribution in [3.63, 3.8) is 0 Å². The molecule has 2 aliphatic rings. The van der Waals surface area contributed by atoms with Gasteiger partial charge in [-0.15, -0.1) is 0 Å². The van der Waals surface area contributed by atoms with Gasteiger partial charge in [0.1, 0.15) is 6.04 Å². The maximum atomic E-state index is 13.7. The topological polar surface area (TPSA) is 73.0 Å². The molecule has 0 aromatic rings. The van der Waals surface area contributed by atoms with Gasteiger partial charge in [-0.05, 0) is 71.3 Å². The lowest BCUT2D eigenvalue weighted by Crippen LogP contribution is -2.58. The van der Waals surface area contributed by atoms with Crippen molar-refractivity contribution in [2.24, 2.45) is 11.8 Å². The van der Waals surface area contributed by atoms with Crippen molar-refractivity contribution in [2.45, 2.75) is 111 Å². The molecule has 0 bridgehead atoms. The third kappa shape index (κ3) is 7.80. The number of hydrogen-bond donors (Lipinski definition) is 1. The van der Waals surface area contributed by atoms with Gasteiger partial charge in [-0.25, -0.2) is 0 Å². The van der Waals surface area contributed by atoms with E-state index in [4.69, 9.17) is 0 Å². The molecule has 0 spiro atoms. The lowest BCUT2D eigenvalue weighted by molar-refractivity contribution is -0.140. The number of hydrogen-bond acceptors (Lipinski definition) is 4. The molecule has 200 valence electrons. The van der Waals surface area contributed by atoms with Gasteiger partial charge in [-0.3, -0.25) is 19.3 Å². The number of carbonyl (C=O) groups excluding carboxylic acids is 3. The quantitative estimate of drug-likeness (QED) is 0.499. The Morgan fingerprint density at radius 2 is 1.49 bits per heavy atom. The summed E-state index contributed by atoms with van der Waals surface area (Å²) in [6.45, 7) is 16.7. The molecule has 0 radical (unpaired) electrons. The molecule has 3 atom stereocenters. The molecule has 2 saturated heterocycles. The number of likely N-dealkylation sites (tertiary alicyclic amines) is 2. The van der Waals surface area contributed by atoms with Gasteiger partial charge in [0, 0.05) is 31.8 Å². The van der Waals surface area contributed by atoms with E-state index in [1.807, 2.05) is 31.7 Å². The van der Waals surface area contributed by atoms with Crippen LogP contribution in [0.25, 0.3) is 0 Å². The second-order valence-electron chi connectivity index (χ2n) is 11.5. The predicted octanol–water partition coefficient (Wildman–Crippen LogP) is 3.83. The monoisotopic (exact) mass is 490 g/mol. The first-order chi connectivity index (χ1) is 16.5. The molecule has 0 aromatic heterocycles. The Morgan fingerprint density at radius 3 is 2.03 bits per heavy atom. The number of carbonyl (C=O) groups is 3. The van der Waals surface area contributed by atoms with E-state index in [0.717, 1.165) is 51.7 Å². The van der Waals surface area contributed by atoms with Crippen LogP contribution in [0.5, 0.6) is 0 Å². The molecule has 3 amide bonds. The normalized spacial score (nSPS) is 21.9. The van der Waals surface area contributed by atoms with Gasteiger partial charge in [-0.2, -0.15) is 0 Å². The van der Waals surface area contributed by atoms with Crippen LogP contribution in [0.1, 0.15) is 87.0 Å². The van der Waals surface area contributed by atoms with Gasteiger partial charge in [0.2, 0.25) is 17.7 Å². The van der Waals surface area contributed by atoms with Crippen LogP contribution in [0.3, 0.4) is 0 Å². The zero-order chi connectivity index (χ0) is 26.3. The highest BCUT2D eigenvalue weighted by Crippen LogP contribution is 2.22. The van der Waals surface area contributed by atoms with E-state index in [2.05, 4.69) is 37.9 Å². The predicted molar refractivity (Wildman–Crippen MR) is 142 cm³/mol. The molecule has 0 aliphatic carbocycles. The zero-order valence-electron chi connectivity index (χ0n) is 23.5. The summed E-state index contributed by atoms with van der Waals surface area (Å²) in [5, 5.41) is 3.11. The summed E-state index contributed by atoms with van der Waals surface area (Å²) in [6, 6.07) is -0.724. The summed E-state index contributed by atoms with van der Waals surface area (Å²) >= 11 is 0. The highest BCUT2D eigenvalue weighted by molar-refractivity contribution is 5.93. The van der Waals surface area contributed by atoms with Gasteiger partial charge in [0.05, 0.1) is 12.1 Å². The highest BCUT2D eigenvalue weighted by atomic mass is 16.2. The minimum Gasteiger partial charge on any atom is -0.343 e. The van der Waals surface area contributed by atoms with E-state index < -0.39 is 6.04 Å². The molecule has 7 nitrogen and oxygen atoms in total. The van der Waals surface area contributed by atoms with Crippen LogP contribution < -0.4 is 5.32 Å². The largest absolute Gasteiger partial charge is 0.343 e. The lowest BCUT2D eigenvalue weighted by Gasteiger charge is -2.39. The van der Waals surface area contributed by atoms with E-state index >= 15 is 0 Å². The number of nitrogens with zero attached hydrogens (tertiary/aromatic N) is 3. The molecule has 0 aromatic carbocycles. The first-order valence-corrected chi connectivity index (χ1v) is 13.8. The van der Waals surface area contributed by atoms with Crippen LogP contribution in [-0.4, -0.2) is 83.3 Å². The molecule has 2 heterocycles. The molecule has 0 unspecified atom stereocenters. The van der Waals surface area contributed by atoms with Crippen LogP contribution in [0.15, 0.2) is 11.6 Å². The standard InChI is InChI=1S/C28H50N4O3/c1-19(2)24(18-22(7)27(34)31-15-11-9-12-16-31)30(8)28(35)25(20(3)4)29-26(33)23-14-10-13-17-32(23)21(5)6/h18-21,23-25H,9-17H2,1-8H3,(H,29,33)/t23-,24-,25+/m1/s1. The Kier molecular flexibility index (Phi) is 11.3. The summed E-state index contributed by atoms with van der Waals surface area (Å²) in [5.74, 6) is 0.000526. The molecule has 2 aliphatic heterocycles. The van der Waals surface area contributed by atoms with Crippen LogP contribution >= 0.6 is 0 Å². The Hall–Kier alpha value is -1.89. The summed E-state index contributed by atoms with van der Waals surface area (Å²) in [6.07, 6.45) is 8.19. The third-order valence-electron chi connectivity index (χ3n) is 7.62. The molecule has 1 N–H and O–H groups in total. The molecular weight excluding hydrogens is 440 g/mol. The minimum atomic E-state index is -0.601. The van der Waals surface area contributed by atoms with Crippen LogP contribution in [0.2, 0.25) is 0 Å². The van der Waals surface area contributed by atoms with E-state index in [0.29, 0.717) is 5.57 Å². The van der Waals surface area contributed by atoms with Crippen molar-refractivity contribution in [3.05, 3.63) is 11.6 Å². The Balaban J connectivity index is 2.17. The van der Waals surface area contributed by atoms with Crippen molar-refractivity contribution in [1.82, 2.24) is 20.0 Å². The smallest absolute Gasteiger partial charge is 0.249 e. The average Bonchev–Trinajstić information content (AvgIpc) is 2.84. The lowest BCUT2D eigenvalue weighted by atomic mass is 9.95. The molecule has 2 fully saturated rings. The van der Waals surface area contributed by atoms with Crippen molar-refractivity contribution in [1.29, 1.82) is 0 Å². The van der Waals surface area contributed by atoms with Crippen LogP contribution in [0, 0.1) is 11.8 Å². The number of likely N-dealkylation sites (N-methyl/N-ethyl adjacent to an activating group) is 1. The number of nitrogens with one attached hydrogen (secondary N) is 1.